The lowest BCUT2D eigenvalue weighted by Crippen LogP contribution is -2.64. The van der Waals surface area contributed by atoms with Gasteiger partial charge in [0.15, 0.2) is 0 Å². The van der Waals surface area contributed by atoms with Crippen LogP contribution in [0.4, 0.5) is 11.4 Å². The standard InChI is InChI=1S/C22H27N3O/c1-2-22(21-12-7-17-5-3-4-6-20(17)21)15-23-13-14-25(22)19-10-8-18(9-11-19)24-16-26/h3-6,8-11,16,21,23H,2,7,12-15H2,1H3,(H,24,26). The molecule has 1 heterocycles. The Balaban J connectivity index is 1.72. The van der Waals surface area contributed by atoms with Gasteiger partial charge in [0.1, 0.15) is 0 Å². The predicted octanol–water partition coefficient (Wildman–Crippen LogP) is 3.54. The maximum Gasteiger partial charge on any atom is 0.211 e. The predicted molar refractivity (Wildman–Crippen MR) is 107 cm³/mol. The van der Waals surface area contributed by atoms with E-state index >= 15 is 0 Å². The van der Waals surface area contributed by atoms with Crippen LogP contribution < -0.4 is 15.5 Å². The number of amides is 1. The minimum Gasteiger partial charge on any atom is -0.363 e. The van der Waals surface area contributed by atoms with Crippen LogP contribution in [0, 0.1) is 0 Å². The van der Waals surface area contributed by atoms with Crippen molar-refractivity contribution in [1.29, 1.82) is 0 Å². The van der Waals surface area contributed by atoms with Crippen LogP contribution in [0.3, 0.4) is 0 Å². The summed E-state index contributed by atoms with van der Waals surface area (Å²) in [6.45, 7) is 5.34. The monoisotopic (exact) mass is 349 g/mol. The van der Waals surface area contributed by atoms with Gasteiger partial charge in [-0.15, -0.1) is 0 Å². The highest BCUT2D eigenvalue weighted by molar-refractivity contribution is 5.72. The van der Waals surface area contributed by atoms with Gasteiger partial charge < -0.3 is 15.5 Å². The van der Waals surface area contributed by atoms with Gasteiger partial charge in [0.05, 0.1) is 5.54 Å². The van der Waals surface area contributed by atoms with E-state index in [4.69, 9.17) is 0 Å². The molecule has 4 nitrogen and oxygen atoms in total. The van der Waals surface area contributed by atoms with E-state index in [0.717, 1.165) is 38.2 Å². The number of nitrogens with one attached hydrogen (secondary N) is 2. The lowest BCUT2D eigenvalue weighted by Gasteiger charge is -2.52. The normalized spacial score (nSPS) is 25.0. The summed E-state index contributed by atoms with van der Waals surface area (Å²) >= 11 is 0. The van der Waals surface area contributed by atoms with Gasteiger partial charge in [0, 0.05) is 36.9 Å². The van der Waals surface area contributed by atoms with E-state index in [1.54, 1.807) is 0 Å². The minimum atomic E-state index is 0.0878. The first-order valence-corrected chi connectivity index (χ1v) is 9.65. The second-order valence-corrected chi connectivity index (χ2v) is 7.38. The fraction of sp³-hybridized carbons (Fsp3) is 0.409. The number of fused-ring (bicyclic) bond motifs is 1. The van der Waals surface area contributed by atoms with Crippen molar-refractivity contribution >= 4 is 17.8 Å². The van der Waals surface area contributed by atoms with Crippen LogP contribution in [-0.4, -0.2) is 31.6 Å². The minimum absolute atomic E-state index is 0.0878. The molecule has 1 fully saturated rings. The Kier molecular flexibility index (Phi) is 4.68. The maximum absolute atomic E-state index is 10.7. The van der Waals surface area contributed by atoms with Gasteiger partial charge in [-0.05, 0) is 54.7 Å². The first-order valence-electron chi connectivity index (χ1n) is 9.65. The number of hydrogen-bond donors (Lipinski definition) is 2. The topological polar surface area (TPSA) is 44.4 Å². The van der Waals surface area contributed by atoms with Crippen molar-refractivity contribution in [1.82, 2.24) is 5.32 Å². The quantitative estimate of drug-likeness (QED) is 0.812. The van der Waals surface area contributed by atoms with Crippen LogP contribution in [0.25, 0.3) is 0 Å². The third kappa shape index (κ3) is 2.78. The number of benzene rings is 2. The third-order valence-electron chi connectivity index (χ3n) is 6.28. The van der Waals surface area contributed by atoms with Crippen molar-refractivity contribution in [2.45, 2.75) is 37.6 Å². The van der Waals surface area contributed by atoms with Crippen molar-refractivity contribution in [3.05, 3.63) is 59.7 Å². The molecule has 26 heavy (non-hydrogen) atoms. The molecule has 0 radical (unpaired) electrons. The van der Waals surface area contributed by atoms with Crippen LogP contribution in [0.2, 0.25) is 0 Å². The number of carbonyl (C=O) groups excluding carboxylic acids is 1. The number of piperazine rings is 1. The zero-order valence-electron chi connectivity index (χ0n) is 15.4. The number of hydrogen-bond acceptors (Lipinski definition) is 3. The Morgan fingerprint density at radius 3 is 2.81 bits per heavy atom. The maximum atomic E-state index is 10.7. The molecule has 2 N–H and O–H groups in total. The summed E-state index contributed by atoms with van der Waals surface area (Å²) in [6.07, 6.45) is 4.23. The lowest BCUT2D eigenvalue weighted by atomic mass is 9.75. The van der Waals surface area contributed by atoms with Crippen molar-refractivity contribution in [2.24, 2.45) is 0 Å². The number of aryl methyl sites for hydroxylation is 1. The Hall–Kier alpha value is -2.33. The molecule has 1 aliphatic carbocycles. The molecule has 136 valence electrons. The number of rotatable bonds is 5. The van der Waals surface area contributed by atoms with E-state index in [-0.39, 0.29) is 5.54 Å². The Morgan fingerprint density at radius 1 is 1.23 bits per heavy atom. The molecule has 0 spiro atoms. The first kappa shape index (κ1) is 17.1. The van der Waals surface area contributed by atoms with E-state index in [2.05, 4.69) is 58.9 Å². The fourth-order valence-electron chi connectivity index (χ4n) is 4.99. The highest BCUT2D eigenvalue weighted by Gasteiger charge is 2.46. The zero-order chi connectivity index (χ0) is 18.0. The summed E-state index contributed by atoms with van der Waals surface area (Å²) in [4.78, 5) is 13.3. The van der Waals surface area contributed by atoms with Gasteiger partial charge in [-0.25, -0.2) is 0 Å². The van der Waals surface area contributed by atoms with Crippen LogP contribution in [0.1, 0.15) is 36.8 Å². The Morgan fingerprint density at radius 2 is 2.04 bits per heavy atom. The molecule has 1 aliphatic heterocycles. The molecular formula is C22H27N3O. The average Bonchev–Trinajstić information content (AvgIpc) is 3.13. The van der Waals surface area contributed by atoms with Crippen molar-refractivity contribution in [3.63, 3.8) is 0 Å². The highest BCUT2D eigenvalue weighted by Crippen LogP contribution is 2.47. The summed E-state index contributed by atoms with van der Waals surface area (Å²) in [5.74, 6) is 0.546. The summed E-state index contributed by atoms with van der Waals surface area (Å²) < 4.78 is 0. The molecular weight excluding hydrogens is 322 g/mol. The molecule has 2 atom stereocenters. The van der Waals surface area contributed by atoms with Crippen LogP contribution in [0.5, 0.6) is 0 Å². The first-order chi connectivity index (χ1) is 12.8. The largest absolute Gasteiger partial charge is 0.363 e. The van der Waals surface area contributed by atoms with E-state index in [9.17, 15) is 4.79 Å². The molecule has 0 saturated carbocycles. The molecule has 0 bridgehead atoms. The summed E-state index contributed by atoms with van der Waals surface area (Å²) in [5, 5.41) is 6.39. The lowest BCUT2D eigenvalue weighted by molar-refractivity contribution is -0.105. The molecule has 2 aromatic carbocycles. The average molecular weight is 349 g/mol. The van der Waals surface area contributed by atoms with Gasteiger partial charge in [-0.1, -0.05) is 31.2 Å². The van der Waals surface area contributed by atoms with Crippen LogP contribution in [0.15, 0.2) is 48.5 Å². The molecule has 2 aromatic rings. The van der Waals surface area contributed by atoms with Gasteiger partial charge in [-0.2, -0.15) is 0 Å². The Bertz CT molecular complexity index is 773. The molecule has 4 heteroatoms. The number of carbonyl (C=O) groups is 1. The molecule has 0 aromatic heterocycles. The summed E-state index contributed by atoms with van der Waals surface area (Å²) in [7, 11) is 0. The summed E-state index contributed by atoms with van der Waals surface area (Å²) in [6, 6.07) is 17.2. The van der Waals surface area contributed by atoms with Crippen LogP contribution >= 0.6 is 0 Å². The van der Waals surface area contributed by atoms with Gasteiger partial charge in [0.25, 0.3) is 0 Å². The molecule has 1 saturated heterocycles. The molecule has 2 unspecified atom stereocenters. The van der Waals surface area contributed by atoms with Gasteiger partial charge in [0.2, 0.25) is 6.41 Å². The zero-order valence-corrected chi connectivity index (χ0v) is 15.4. The number of anilines is 2. The van der Waals surface area contributed by atoms with Crippen molar-refractivity contribution < 1.29 is 4.79 Å². The number of nitrogens with zero attached hydrogens (tertiary/aromatic N) is 1. The molecule has 2 aliphatic rings. The van der Waals surface area contributed by atoms with E-state index < -0.39 is 0 Å². The van der Waals surface area contributed by atoms with E-state index in [1.807, 2.05) is 12.1 Å². The summed E-state index contributed by atoms with van der Waals surface area (Å²) in [5.41, 5.74) is 5.22. The second-order valence-electron chi connectivity index (χ2n) is 7.38. The van der Waals surface area contributed by atoms with Gasteiger partial charge in [-0.3, -0.25) is 4.79 Å². The highest BCUT2D eigenvalue weighted by atomic mass is 16.1. The van der Waals surface area contributed by atoms with Crippen molar-refractivity contribution in [2.75, 3.05) is 29.9 Å². The smallest absolute Gasteiger partial charge is 0.211 e. The van der Waals surface area contributed by atoms with E-state index in [1.165, 1.54) is 29.7 Å². The SMILES string of the molecule is CCC1(C2CCc3ccccc32)CNCCN1c1ccc(NC=O)cc1. The van der Waals surface area contributed by atoms with Gasteiger partial charge >= 0.3 is 0 Å². The third-order valence-corrected chi connectivity index (χ3v) is 6.28. The van der Waals surface area contributed by atoms with Crippen molar-refractivity contribution in [3.8, 4) is 0 Å². The molecule has 1 amide bonds. The fourth-order valence-corrected chi connectivity index (χ4v) is 4.99. The van der Waals surface area contributed by atoms with E-state index in [0.29, 0.717) is 5.92 Å². The Labute approximate surface area is 155 Å². The van der Waals surface area contributed by atoms with Crippen LogP contribution in [-0.2, 0) is 11.2 Å². The second kappa shape index (κ2) is 7.12. The molecule has 4 rings (SSSR count).